The van der Waals surface area contributed by atoms with Gasteiger partial charge in [-0.2, -0.15) is 0 Å². The number of carbonyl (C=O) groups is 1. The Kier molecular flexibility index (Phi) is 6.97. The van der Waals surface area contributed by atoms with Gasteiger partial charge in [0.25, 0.3) is 0 Å². The normalized spacial score (nSPS) is 10.7. The smallest absolute Gasteiger partial charge is 0.339 e. The maximum atomic E-state index is 11.0. The largest absolute Gasteiger partial charge is 0.491 e. The first-order valence-electron chi connectivity index (χ1n) is 6.77. The second-order valence-corrected chi connectivity index (χ2v) is 4.94. The van der Waals surface area contributed by atoms with Crippen molar-refractivity contribution in [3.8, 4) is 5.75 Å². The lowest BCUT2D eigenvalue weighted by Gasteiger charge is -2.10. The van der Waals surface area contributed by atoms with Crippen LogP contribution in [0.5, 0.6) is 5.75 Å². The zero-order valence-corrected chi connectivity index (χ0v) is 11.7. The molecule has 0 radical (unpaired) electrons. The summed E-state index contributed by atoms with van der Waals surface area (Å²) in [4.78, 5) is 11.0. The van der Waals surface area contributed by atoms with E-state index in [-0.39, 0.29) is 5.56 Å². The van der Waals surface area contributed by atoms with Gasteiger partial charge in [-0.1, -0.05) is 26.0 Å². The summed E-state index contributed by atoms with van der Waals surface area (Å²) in [6.07, 6.45) is 2.37. The Morgan fingerprint density at radius 3 is 2.74 bits per heavy atom. The molecule has 0 bridgehead atoms. The van der Waals surface area contributed by atoms with Crippen molar-refractivity contribution < 1.29 is 14.6 Å². The van der Waals surface area contributed by atoms with Crippen LogP contribution in [-0.2, 0) is 0 Å². The predicted octanol–water partition coefficient (Wildman–Crippen LogP) is 2.79. The van der Waals surface area contributed by atoms with E-state index in [2.05, 4.69) is 19.2 Å². The Morgan fingerprint density at radius 1 is 1.32 bits per heavy atom. The number of para-hydroxylation sites is 1. The van der Waals surface area contributed by atoms with Crippen LogP contribution in [0.2, 0.25) is 0 Å². The molecule has 0 unspecified atom stereocenters. The fourth-order valence-electron chi connectivity index (χ4n) is 1.76. The molecule has 0 fully saturated rings. The average Bonchev–Trinajstić information content (AvgIpc) is 2.37. The molecule has 0 amide bonds. The van der Waals surface area contributed by atoms with E-state index >= 15 is 0 Å². The standard InChI is InChI=1S/C15H23NO3/c1-12(2)6-5-9-16-10-11-19-14-8-4-3-7-13(14)15(17)18/h3-4,7-8,12,16H,5-6,9-11H2,1-2H3,(H,17,18). The molecular weight excluding hydrogens is 242 g/mol. The maximum absolute atomic E-state index is 11.0. The van der Waals surface area contributed by atoms with Gasteiger partial charge in [0.1, 0.15) is 17.9 Å². The van der Waals surface area contributed by atoms with Crippen molar-refractivity contribution in [3.63, 3.8) is 0 Å². The highest BCUT2D eigenvalue weighted by atomic mass is 16.5. The highest BCUT2D eigenvalue weighted by Gasteiger charge is 2.09. The van der Waals surface area contributed by atoms with E-state index in [4.69, 9.17) is 9.84 Å². The first kappa shape index (κ1) is 15.5. The van der Waals surface area contributed by atoms with Crippen molar-refractivity contribution in [2.75, 3.05) is 19.7 Å². The van der Waals surface area contributed by atoms with Crippen molar-refractivity contribution in [2.45, 2.75) is 26.7 Å². The van der Waals surface area contributed by atoms with Crippen LogP contribution < -0.4 is 10.1 Å². The summed E-state index contributed by atoms with van der Waals surface area (Å²) < 4.78 is 5.48. The molecule has 1 aromatic rings. The van der Waals surface area contributed by atoms with E-state index < -0.39 is 5.97 Å². The van der Waals surface area contributed by atoms with Crippen LogP contribution in [0.1, 0.15) is 37.0 Å². The summed E-state index contributed by atoms with van der Waals surface area (Å²) in [5.41, 5.74) is 0.210. The van der Waals surface area contributed by atoms with Crippen molar-refractivity contribution in [2.24, 2.45) is 5.92 Å². The number of hydrogen-bond acceptors (Lipinski definition) is 3. The Labute approximate surface area is 114 Å². The number of rotatable bonds is 9. The summed E-state index contributed by atoms with van der Waals surface area (Å²) in [5, 5.41) is 12.3. The van der Waals surface area contributed by atoms with Crippen LogP contribution >= 0.6 is 0 Å². The molecule has 0 heterocycles. The first-order chi connectivity index (χ1) is 9.11. The van der Waals surface area contributed by atoms with Crippen molar-refractivity contribution in [1.29, 1.82) is 0 Å². The lowest BCUT2D eigenvalue weighted by molar-refractivity contribution is 0.0692. The van der Waals surface area contributed by atoms with Crippen molar-refractivity contribution in [1.82, 2.24) is 5.32 Å². The van der Waals surface area contributed by atoms with Crippen LogP contribution in [0.15, 0.2) is 24.3 Å². The van der Waals surface area contributed by atoms with Crippen LogP contribution in [0.4, 0.5) is 0 Å². The number of carboxylic acid groups (broad SMARTS) is 1. The van der Waals surface area contributed by atoms with E-state index in [1.54, 1.807) is 24.3 Å². The van der Waals surface area contributed by atoms with Gasteiger partial charge in [0.15, 0.2) is 0 Å². The van der Waals surface area contributed by atoms with Crippen LogP contribution in [-0.4, -0.2) is 30.8 Å². The molecule has 0 spiro atoms. The quantitative estimate of drug-likeness (QED) is 0.674. The molecule has 4 heteroatoms. The van der Waals surface area contributed by atoms with Gasteiger partial charge >= 0.3 is 5.97 Å². The summed E-state index contributed by atoms with van der Waals surface area (Å²) >= 11 is 0. The van der Waals surface area contributed by atoms with Crippen molar-refractivity contribution >= 4 is 5.97 Å². The lowest BCUT2D eigenvalue weighted by atomic mass is 10.1. The minimum absolute atomic E-state index is 0.210. The fourth-order valence-corrected chi connectivity index (χ4v) is 1.76. The number of ether oxygens (including phenoxy) is 1. The zero-order chi connectivity index (χ0) is 14.1. The highest BCUT2D eigenvalue weighted by molar-refractivity contribution is 5.90. The molecular formula is C15H23NO3. The maximum Gasteiger partial charge on any atom is 0.339 e. The average molecular weight is 265 g/mol. The third-order valence-electron chi connectivity index (χ3n) is 2.79. The molecule has 0 aliphatic heterocycles. The highest BCUT2D eigenvalue weighted by Crippen LogP contribution is 2.17. The number of benzene rings is 1. The Morgan fingerprint density at radius 2 is 2.05 bits per heavy atom. The van der Waals surface area contributed by atoms with E-state index in [0.717, 1.165) is 25.4 Å². The summed E-state index contributed by atoms with van der Waals surface area (Å²) in [7, 11) is 0. The predicted molar refractivity (Wildman–Crippen MR) is 75.8 cm³/mol. The molecule has 0 saturated heterocycles. The van der Waals surface area contributed by atoms with Gasteiger partial charge in [-0.05, 0) is 37.4 Å². The third-order valence-corrected chi connectivity index (χ3v) is 2.79. The summed E-state index contributed by atoms with van der Waals surface area (Å²) in [6, 6.07) is 6.70. The molecule has 1 aromatic carbocycles. The van der Waals surface area contributed by atoms with Gasteiger partial charge in [0, 0.05) is 6.54 Å². The SMILES string of the molecule is CC(C)CCCNCCOc1ccccc1C(=O)O. The molecule has 1 rings (SSSR count). The van der Waals surface area contributed by atoms with Gasteiger partial charge in [-0.25, -0.2) is 4.79 Å². The number of aromatic carboxylic acids is 1. The van der Waals surface area contributed by atoms with Gasteiger partial charge in [-0.15, -0.1) is 0 Å². The number of hydrogen-bond donors (Lipinski definition) is 2. The summed E-state index contributed by atoms with van der Waals surface area (Å²) in [6.45, 7) is 6.61. The van der Waals surface area contributed by atoms with E-state index in [1.807, 2.05) is 0 Å². The van der Waals surface area contributed by atoms with E-state index in [0.29, 0.717) is 12.4 Å². The topological polar surface area (TPSA) is 58.6 Å². The minimum Gasteiger partial charge on any atom is -0.491 e. The van der Waals surface area contributed by atoms with E-state index in [1.165, 1.54) is 6.42 Å². The monoisotopic (exact) mass is 265 g/mol. The first-order valence-corrected chi connectivity index (χ1v) is 6.77. The lowest BCUT2D eigenvalue weighted by Crippen LogP contribution is -2.22. The molecule has 0 aromatic heterocycles. The summed E-state index contributed by atoms with van der Waals surface area (Å²) in [5.74, 6) is 0.208. The minimum atomic E-state index is -0.958. The molecule has 19 heavy (non-hydrogen) atoms. The number of carboxylic acids is 1. The van der Waals surface area contributed by atoms with Crippen LogP contribution in [0.25, 0.3) is 0 Å². The second-order valence-electron chi connectivity index (χ2n) is 4.94. The third kappa shape index (κ3) is 6.25. The molecule has 106 valence electrons. The van der Waals surface area contributed by atoms with Gasteiger partial charge in [-0.3, -0.25) is 0 Å². The van der Waals surface area contributed by atoms with Gasteiger partial charge in [0.2, 0.25) is 0 Å². The van der Waals surface area contributed by atoms with E-state index in [9.17, 15) is 4.79 Å². The molecule has 4 nitrogen and oxygen atoms in total. The zero-order valence-electron chi connectivity index (χ0n) is 11.7. The van der Waals surface area contributed by atoms with Crippen LogP contribution in [0, 0.1) is 5.92 Å². The molecule has 0 atom stereocenters. The molecule has 2 N–H and O–H groups in total. The Bertz CT molecular complexity index is 391. The van der Waals surface area contributed by atoms with Gasteiger partial charge in [0.05, 0.1) is 0 Å². The fraction of sp³-hybridized carbons (Fsp3) is 0.533. The molecule has 0 aliphatic rings. The van der Waals surface area contributed by atoms with Crippen molar-refractivity contribution in [3.05, 3.63) is 29.8 Å². The molecule has 0 aliphatic carbocycles. The number of nitrogens with one attached hydrogen (secondary N) is 1. The molecule has 0 saturated carbocycles. The second kappa shape index (κ2) is 8.53. The van der Waals surface area contributed by atoms with Crippen LogP contribution in [0.3, 0.4) is 0 Å². The Hall–Kier alpha value is -1.55. The van der Waals surface area contributed by atoms with Gasteiger partial charge < -0.3 is 15.2 Å². The Balaban J connectivity index is 2.21.